The van der Waals surface area contributed by atoms with Crippen LogP contribution in [0.5, 0.6) is 0 Å². The van der Waals surface area contributed by atoms with Crippen LogP contribution in [-0.2, 0) is 6.42 Å². The molecule has 0 saturated heterocycles. The lowest BCUT2D eigenvalue weighted by molar-refractivity contribution is 0.589. The van der Waals surface area contributed by atoms with Crippen LogP contribution in [0.4, 0.5) is 5.95 Å². The summed E-state index contributed by atoms with van der Waals surface area (Å²) < 4.78 is 2.23. The highest BCUT2D eigenvalue weighted by atomic mass is 15.3. The van der Waals surface area contributed by atoms with Crippen molar-refractivity contribution in [1.82, 2.24) is 9.55 Å². The Bertz CT molecular complexity index is 317. The molecule has 0 unspecified atom stereocenters. The predicted octanol–water partition coefficient (Wildman–Crippen LogP) is 1.81. The third-order valence-corrected chi connectivity index (χ3v) is 2.72. The number of nitrogens with zero attached hydrogens (tertiary/aromatic N) is 3. The predicted molar refractivity (Wildman–Crippen MR) is 68.9 cm³/mol. The van der Waals surface area contributed by atoms with Gasteiger partial charge in [-0.3, -0.25) is 0 Å². The molecule has 0 aliphatic rings. The van der Waals surface area contributed by atoms with Gasteiger partial charge in [-0.25, -0.2) is 4.98 Å². The molecular weight excluding hydrogens is 200 g/mol. The van der Waals surface area contributed by atoms with Crippen molar-refractivity contribution in [3.63, 3.8) is 0 Å². The minimum atomic E-state index is 0.447. The van der Waals surface area contributed by atoms with E-state index in [1.807, 2.05) is 0 Å². The summed E-state index contributed by atoms with van der Waals surface area (Å²) in [5.41, 5.74) is 6.69. The zero-order chi connectivity index (χ0) is 12.1. The van der Waals surface area contributed by atoms with Crippen LogP contribution in [0.3, 0.4) is 0 Å². The first kappa shape index (κ1) is 13.0. The van der Waals surface area contributed by atoms with E-state index in [9.17, 15) is 0 Å². The van der Waals surface area contributed by atoms with Crippen molar-refractivity contribution in [3.05, 3.63) is 11.9 Å². The molecule has 0 radical (unpaired) electrons. The Morgan fingerprint density at radius 3 is 2.69 bits per heavy atom. The van der Waals surface area contributed by atoms with Gasteiger partial charge in [0.15, 0.2) is 0 Å². The Hall–Kier alpha value is -1.03. The van der Waals surface area contributed by atoms with E-state index in [2.05, 4.69) is 48.5 Å². The summed E-state index contributed by atoms with van der Waals surface area (Å²) in [5, 5.41) is 0. The van der Waals surface area contributed by atoms with Gasteiger partial charge in [0.1, 0.15) is 0 Å². The molecule has 92 valence electrons. The lowest BCUT2D eigenvalue weighted by Gasteiger charge is -2.21. The van der Waals surface area contributed by atoms with Gasteiger partial charge in [0, 0.05) is 25.8 Å². The first-order valence-corrected chi connectivity index (χ1v) is 6.09. The van der Waals surface area contributed by atoms with Gasteiger partial charge < -0.3 is 15.2 Å². The van der Waals surface area contributed by atoms with E-state index >= 15 is 0 Å². The van der Waals surface area contributed by atoms with Crippen LogP contribution >= 0.6 is 0 Å². The van der Waals surface area contributed by atoms with Crippen LogP contribution < -0.4 is 10.6 Å². The second-order valence-corrected chi connectivity index (χ2v) is 4.45. The average molecular weight is 224 g/mol. The third kappa shape index (κ3) is 2.98. The van der Waals surface area contributed by atoms with Gasteiger partial charge in [-0.1, -0.05) is 6.92 Å². The molecule has 0 amide bonds. The van der Waals surface area contributed by atoms with Gasteiger partial charge in [0.2, 0.25) is 5.95 Å². The van der Waals surface area contributed by atoms with Crippen LogP contribution in [0.1, 0.15) is 38.9 Å². The second-order valence-electron chi connectivity index (χ2n) is 4.45. The molecule has 0 spiro atoms. The number of rotatable bonds is 6. The summed E-state index contributed by atoms with van der Waals surface area (Å²) in [4.78, 5) is 6.84. The normalized spacial score (nSPS) is 11.1. The van der Waals surface area contributed by atoms with Crippen molar-refractivity contribution in [2.75, 3.05) is 25.0 Å². The Morgan fingerprint density at radius 2 is 2.19 bits per heavy atom. The van der Waals surface area contributed by atoms with E-state index in [1.165, 1.54) is 0 Å². The van der Waals surface area contributed by atoms with E-state index < -0.39 is 0 Å². The maximum atomic E-state index is 5.53. The van der Waals surface area contributed by atoms with E-state index in [0.29, 0.717) is 6.04 Å². The molecule has 0 atom stereocenters. The number of aryl methyl sites for hydroxylation is 1. The quantitative estimate of drug-likeness (QED) is 0.801. The molecule has 0 aromatic carbocycles. The highest BCUT2D eigenvalue weighted by molar-refractivity contribution is 5.33. The van der Waals surface area contributed by atoms with Crippen molar-refractivity contribution >= 4 is 5.95 Å². The SMILES string of the molecule is CCc1cn(C(C)C)c(N(C)CCCN)n1. The summed E-state index contributed by atoms with van der Waals surface area (Å²) in [6, 6.07) is 0.447. The first-order valence-electron chi connectivity index (χ1n) is 6.09. The molecule has 0 aliphatic carbocycles. The smallest absolute Gasteiger partial charge is 0.205 e. The summed E-state index contributed by atoms with van der Waals surface area (Å²) in [6.45, 7) is 8.19. The van der Waals surface area contributed by atoms with Gasteiger partial charge in [0.25, 0.3) is 0 Å². The van der Waals surface area contributed by atoms with Gasteiger partial charge in [-0.2, -0.15) is 0 Å². The zero-order valence-corrected chi connectivity index (χ0v) is 10.9. The maximum Gasteiger partial charge on any atom is 0.205 e. The largest absolute Gasteiger partial charge is 0.345 e. The van der Waals surface area contributed by atoms with Crippen molar-refractivity contribution in [2.24, 2.45) is 5.73 Å². The Labute approximate surface area is 98.5 Å². The number of hydrogen-bond donors (Lipinski definition) is 1. The molecule has 0 saturated carbocycles. The Kier molecular flexibility index (Phi) is 4.80. The number of anilines is 1. The lowest BCUT2D eigenvalue weighted by Crippen LogP contribution is -2.24. The molecule has 16 heavy (non-hydrogen) atoms. The fourth-order valence-electron chi connectivity index (χ4n) is 1.69. The van der Waals surface area contributed by atoms with Crippen molar-refractivity contribution in [2.45, 2.75) is 39.7 Å². The summed E-state index contributed by atoms with van der Waals surface area (Å²) in [6.07, 6.45) is 4.14. The summed E-state index contributed by atoms with van der Waals surface area (Å²) >= 11 is 0. The summed E-state index contributed by atoms with van der Waals surface area (Å²) in [7, 11) is 2.08. The highest BCUT2D eigenvalue weighted by Crippen LogP contribution is 2.19. The maximum absolute atomic E-state index is 5.53. The number of nitrogens with two attached hydrogens (primary N) is 1. The second kappa shape index (κ2) is 5.89. The number of aromatic nitrogens is 2. The third-order valence-electron chi connectivity index (χ3n) is 2.72. The topological polar surface area (TPSA) is 47.1 Å². The van der Waals surface area contributed by atoms with E-state index in [-0.39, 0.29) is 0 Å². The molecule has 1 heterocycles. The van der Waals surface area contributed by atoms with Crippen LogP contribution in [0.2, 0.25) is 0 Å². The van der Waals surface area contributed by atoms with Crippen LogP contribution in [0, 0.1) is 0 Å². The minimum Gasteiger partial charge on any atom is -0.345 e. The molecule has 1 rings (SSSR count). The molecule has 2 N–H and O–H groups in total. The van der Waals surface area contributed by atoms with Crippen molar-refractivity contribution in [1.29, 1.82) is 0 Å². The first-order chi connectivity index (χ1) is 7.60. The monoisotopic (exact) mass is 224 g/mol. The molecule has 4 heteroatoms. The zero-order valence-electron chi connectivity index (χ0n) is 10.9. The van der Waals surface area contributed by atoms with Crippen LogP contribution in [-0.4, -0.2) is 29.7 Å². The van der Waals surface area contributed by atoms with Gasteiger partial charge in [-0.15, -0.1) is 0 Å². The molecular formula is C12H24N4. The fourth-order valence-corrected chi connectivity index (χ4v) is 1.69. The average Bonchev–Trinajstić information content (AvgIpc) is 2.70. The molecule has 1 aromatic rings. The Balaban J connectivity index is 2.87. The standard InChI is InChI=1S/C12H24N4/c1-5-11-9-16(10(2)3)12(14-11)15(4)8-6-7-13/h9-10H,5-8,13H2,1-4H3. The molecule has 0 fully saturated rings. The Morgan fingerprint density at radius 1 is 1.50 bits per heavy atom. The van der Waals surface area contributed by atoms with Crippen LogP contribution in [0.25, 0.3) is 0 Å². The van der Waals surface area contributed by atoms with Crippen molar-refractivity contribution in [3.8, 4) is 0 Å². The van der Waals surface area contributed by atoms with Crippen LogP contribution in [0.15, 0.2) is 6.20 Å². The van der Waals surface area contributed by atoms with E-state index in [0.717, 1.165) is 37.6 Å². The molecule has 4 nitrogen and oxygen atoms in total. The lowest BCUT2D eigenvalue weighted by atomic mass is 10.3. The van der Waals surface area contributed by atoms with Gasteiger partial charge in [0.05, 0.1) is 5.69 Å². The van der Waals surface area contributed by atoms with Crippen molar-refractivity contribution < 1.29 is 0 Å². The molecule has 0 aliphatic heterocycles. The van der Waals surface area contributed by atoms with E-state index in [4.69, 9.17) is 5.73 Å². The minimum absolute atomic E-state index is 0.447. The molecule has 0 bridgehead atoms. The fraction of sp³-hybridized carbons (Fsp3) is 0.750. The van der Waals surface area contributed by atoms with Gasteiger partial charge in [-0.05, 0) is 33.2 Å². The summed E-state index contributed by atoms with van der Waals surface area (Å²) in [5.74, 6) is 1.06. The van der Waals surface area contributed by atoms with Gasteiger partial charge >= 0.3 is 0 Å². The number of imidazole rings is 1. The van der Waals surface area contributed by atoms with E-state index in [1.54, 1.807) is 0 Å². The highest BCUT2D eigenvalue weighted by Gasteiger charge is 2.12. The molecule has 1 aromatic heterocycles. The number of hydrogen-bond acceptors (Lipinski definition) is 3.